The van der Waals surface area contributed by atoms with E-state index in [2.05, 4.69) is 5.10 Å². The summed E-state index contributed by atoms with van der Waals surface area (Å²) in [6.45, 7) is 1.28. The summed E-state index contributed by atoms with van der Waals surface area (Å²) < 4.78 is 93.6. The maximum absolute atomic E-state index is 14.3. The Kier molecular flexibility index (Phi) is 7.17. The lowest BCUT2D eigenvalue weighted by Crippen LogP contribution is -2.25. The van der Waals surface area contributed by atoms with Crippen LogP contribution in [0.4, 0.5) is 32.0 Å². The molecule has 0 aromatic heterocycles. The minimum Gasteiger partial charge on any atom is -0.493 e. The molecular formula is C25H15ClF6N2O3. The molecule has 0 fully saturated rings. The van der Waals surface area contributed by atoms with Crippen molar-refractivity contribution in [1.29, 1.82) is 0 Å². The number of hydrogen-bond donors (Lipinski definition) is 0. The van der Waals surface area contributed by atoms with Crippen molar-refractivity contribution in [2.75, 3.05) is 12.1 Å². The molecule has 5 nitrogen and oxygen atoms in total. The smallest absolute Gasteiger partial charge is 0.280 e. The number of anilines is 1. The molecule has 0 atom stereocenters. The van der Waals surface area contributed by atoms with Gasteiger partial charge in [-0.3, -0.25) is 4.79 Å². The van der Waals surface area contributed by atoms with E-state index in [1.165, 1.54) is 50.4 Å². The van der Waals surface area contributed by atoms with Crippen LogP contribution in [0.2, 0.25) is 5.02 Å². The number of rotatable bonds is 6. The van der Waals surface area contributed by atoms with E-state index >= 15 is 0 Å². The van der Waals surface area contributed by atoms with Crippen LogP contribution in [0.5, 0.6) is 11.5 Å². The predicted molar refractivity (Wildman–Crippen MR) is 124 cm³/mol. The van der Waals surface area contributed by atoms with Gasteiger partial charge in [0.2, 0.25) is 5.82 Å². The Hall–Kier alpha value is -3.99. The second-order valence-corrected chi connectivity index (χ2v) is 8.14. The maximum atomic E-state index is 14.3. The van der Waals surface area contributed by atoms with Gasteiger partial charge in [0.15, 0.2) is 34.8 Å². The Balaban J connectivity index is 1.66. The van der Waals surface area contributed by atoms with Crippen molar-refractivity contribution in [1.82, 2.24) is 0 Å². The Bertz CT molecular complexity index is 1460. The molecule has 0 aliphatic carbocycles. The molecule has 1 amide bonds. The summed E-state index contributed by atoms with van der Waals surface area (Å²) in [6.07, 6.45) is 1.25. The molecule has 3 aromatic rings. The second-order valence-electron chi connectivity index (χ2n) is 7.73. The molecule has 192 valence electrons. The van der Waals surface area contributed by atoms with E-state index in [9.17, 15) is 31.1 Å². The van der Waals surface area contributed by atoms with Gasteiger partial charge in [-0.15, -0.1) is 0 Å². The molecule has 1 aliphatic heterocycles. The molecule has 0 saturated heterocycles. The fraction of sp³-hybridized carbons (Fsp3) is 0.120. The Morgan fingerprint density at radius 2 is 1.62 bits per heavy atom. The van der Waals surface area contributed by atoms with Gasteiger partial charge in [0.25, 0.3) is 5.91 Å². The molecule has 0 spiro atoms. The molecule has 1 aliphatic rings. The van der Waals surface area contributed by atoms with Gasteiger partial charge in [0.1, 0.15) is 18.1 Å². The number of carbonyl (C=O) groups is 1. The van der Waals surface area contributed by atoms with Crippen molar-refractivity contribution < 1.29 is 40.6 Å². The van der Waals surface area contributed by atoms with Gasteiger partial charge in [0, 0.05) is 0 Å². The van der Waals surface area contributed by atoms with Crippen molar-refractivity contribution in [3.8, 4) is 11.5 Å². The summed E-state index contributed by atoms with van der Waals surface area (Å²) in [7, 11) is 1.33. The molecule has 0 bridgehead atoms. The number of carbonyl (C=O) groups excluding carboxylic acids is 1. The lowest BCUT2D eigenvalue weighted by Gasteiger charge is -2.15. The van der Waals surface area contributed by atoms with E-state index in [4.69, 9.17) is 21.1 Å². The van der Waals surface area contributed by atoms with E-state index < -0.39 is 46.5 Å². The quantitative estimate of drug-likeness (QED) is 0.154. The van der Waals surface area contributed by atoms with E-state index in [-0.39, 0.29) is 45.0 Å². The van der Waals surface area contributed by atoms with Gasteiger partial charge < -0.3 is 9.47 Å². The number of halogens is 7. The lowest BCUT2D eigenvalue weighted by molar-refractivity contribution is -0.114. The third-order valence-electron chi connectivity index (χ3n) is 5.30. The van der Waals surface area contributed by atoms with Crippen molar-refractivity contribution in [2.24, 2.45) is 5.10 Å². The number of methoxy groups -OCH3 is 1. The first-order chi connectivity index (χ1) is 17.5. The third kappa shape index (κ3) is 4.86. The minimum atomic E-state index is -2.36. The van der Waals surface area contributed by atoms with Crippen LogP contribution in [0.25, 0.3) is 6.08 Å². The fourth-order valence-electron chi connectivity index (χ4n) is 3.53. The first kappa shape index (κ1) is 26.1. The summed E-state index contributed by atoms with van der Waals surface area (Å²) >= 11 is 6.33. The topological polar surface area (TPSA) is 51.1 Å². The van der Waals surface area contributed by atoms with Gasteiger partial charge in [-0.2, -0.15) is 10.1 Å². The average molecular weight is 541 g/mol. The van der Waals surface area contributed by atoms with Crippen LogP contribution in [-0.2, 0) is 11.4 Å². The highest BCUT2D eigenvalue weighted by atomic mass is 35.5. The van der Waals surface area contributed by atoms with Crippen molar-refractivity contribution >= 4 is 35.0 Å². The summed E-state index contributed by atoms with van der Waals surface area (Å²) in [5.41, 5.74) is -0.954. The molecule has 0 N–H and O–H groups in total. The zero-order valence-electron chi connectivity index (χ0n) is 19.0. The SMILES string of the molecule is COc1cc(/C=C2/C(=O)N(c3c(F)c(F)c(F)c(F)c3F)N=C2C)cc(Cl)c1OCc1cccc(F)c1. The van der Waals surface area contributed by atoms with Gasteiger partial charge in [-0.05, 0) is 48.4 Å². The molecule has 12 heteroatoms. The van der Waals surface area contributed by atoms with E-state index in [0.717, 1.165) is 0 Å². The maximum Gasteiger partial charge on any atom is 0.280 e. The number of hydrazone groups is 1. The normalized spacial score (nSPS) is 14.4. The largest absolute Gasteiger partial charge is 0.493 e. The average Bonchev–Trinajstić information content (AvgIpc) is 3.13. The van der Waals surface area contributed by atoms with Crippen LogP contribution in [0.15, 0.2) is 47.1 Å². The molecule has 4 rings (SSSR count). The number of nitrogens with zero attached hydrogens (tertiary/aromatic N) is 2. The lowest BCUT2D eigenvalue weighted by atomic mass is 10.1. The second kappa shape index (κ2) is 10.2. The van der Waals surface area contributed by atoms with Gasteiger partial charge >= 0.3 is 0 Å². The zero-order chi connectivity index (χ0) is 27.0. The van der Waals surface area contributed by atoms with E-state index in [1.54, 1.807) is 6.07 Å². The number of amides is 1. The summed E-state index contributed by atoms with van der Waals surface area (Å²) in [6, 6.07) is 8.54. The zero-order valence-corrected chi connectivity index (χ0v) is 19.8. The molecule has 0 radical (unpaired) electrons. The summed E-state index contributed by atoms with van der Waals surface area (Å²) in [5, 5.41) is 3.84. The van der Waals surface area contributed by atoms with Crippen LogP contribution in [0.1, 0.15) is 18.1 Å². The van der Waals surface area contributed by atoms with Crippen molar-refractivity contribution in [3.05, 3.63) is 93.0 Å². The van der Waals surface area contributed by atoms with Gasteiger partial charge in [-0.25, -0.2) is 26.3 Å². The molecular weight excluding hydrogens is 526 g/mol. The molecule has 0 saturated carbocycles. The molecule has 1 heterocycles. The molecule has 3 aromatic carbocycles. The first-order valence-electron chi connectivity index (χ1n) is 10.4. The first-order valence-corrected chi connectivity index (χ1v) is 10.8. The minimum absolute atomic E-state index is 0.0323. The van der Waals surface area contributed by atoms with Crippen LogP contribution >= 0.6 is 11.6 Å². The molecule has 37 heavy (non-hydrogen) atoms. The Morgan fingerprint density at radius 1 is 0.973 bits per heavy atom. The van der Waals surface area contributed by atoms with Crippen LogP contribution in [0.3, 0.4) is 0 Å². The standard InChI is InChI=1S/C25H15ClF6N2O3/c1-11-15(25(35)34(33-11)23-21(31)19(29)18(28)20(30)22(23)32)7-13-8-16(26)24(17(9-13)36-2)37-10-12-4-3-5-14(27)6-12/h3-9H,10H2,1-2H3/b15-7+. The van der Waals surface area contributed by atoms with Crippen molar-refractivity contribution in [3.63, 3.8) is 0 Å². The van der Waals surface area contributed by atoms with Gasteiger partial charge in [0.05, 0.1) is 23.4 Å². The Labute approximate surface area is 211 Å². The van der Waals surface area contributed by atoms with Crippen LogP contribution in [0, 0.1) is 34.9 Å². The molecule has 0 unspecified atom stereocenters. The van der Waals surface area contributed by atoms with Crippen LogP contribution < -0.4 is 14.5 Å². The predicted octanol–water partition coefficient (Wildman–Crippen LogP) is 6.57. The van der Waals surface area contributed by atoms with E-state index in [1.807, 2.05) is 0 Å². The fourth-order valence-corrected chi connectivity index (χ4v) is 3.80. The van der Waals surface area contributed by atoms with Crippen LogP contribution in [-0.4, -0.2) is 18.7 Å². The van der Waals surface area contributed by atoms with E-state index in [0.29, 0.717) is 5.56 Å². The highest BCUT2D eigenvalue weighted by Crippen LogP contribution is 2.39. The number of benzene rings is 3. The summed E-state index contributed by atoms with van der Waals surface area (Å²) in [5.74, 6) is -12.5. The summed E-state index contributed by atoms with van der Waals surface area (Å²) in [4.78, 5) is 12.9. The monoisotopic (exact) mass is 540 g/mol. The Morgan fingerprint density at radius 3 is 2.24 bits per heavy atom. The third-order valence-corrected chi connectivity index (χ3v) is 5.58. The van der Waals surface area contributed by atoms with Crippen molar-refractivity contribution in [2.45, 2.75) is 13.5 Å². The highest BCUT2D eigenvalue weighted by Gasteiger charge is 2.37. The van der Waals surface area contributed by atoms with Gasteiger partial charge in [-0.1, -0.05) is 23.7 Å². The highest BCUT2D eigenvalue weighted by molar-refractivity contribution is 6.33. The number of ether oxygens (including phenoxy) is 2. The number of hydrogen-bond acceptors (Lipinski definition) is 4.